The molecule has 1 amide bonds. The van der Waals surface area contributed by atoms with Crippen molar-refractivity contribution in [1.82, 2.24) is 10.2 Å². The Morgan fingerprint density at radius 1 is 1.32 bits per heavy atom. The minimum absolute atomic E-state index is 0.403. The average Bonchev–Trinajstić information content (AvgIpc) is 2.85. The molecule has 0 spiro atoms. The van der Waals surface area contributed by atoms with Crippen LogP contribution in [0.5, 0.6) is 0 Å². The van der Waals surface area contributed by atoms with E-state index in [4.69, 9.17) is 23.2 Å². The number of amides is 1. The summed E-state index contributed by atoms with van der Waals surface area (Å²) in [5.41, 5.74) is 0. The molecule has 0 bridgehead atoms. The van der Waals surface area contributed by atoms with Crippen LogP contribution in [0, 0.1) is 0 Å². The number of hydrogen-bond acceptors (Lipinski definition) is 5. The van der Waals surface area contributed by atoms with Crippen molar-refractivity contribution < 1.29 is 4.79 Å². The first kappa shape index (κ1) is 14.6. The molecule has 2 rings (SSSR count). The third kappa shape index (κ3) is 4.65. The van der Waals surface area contributed by atoms with Crippen LogP contribution in [0.15, 0.2) is 35.2 Å². The SMILES string of the molecule is O=C(Nc1nnc(CSc2ccccc2)s1)C(Cl)Cl. The van der Waals surface area contributed by atoms with E-state index in [0.29, 0.717) is 10.9 Å². The van der Waals surface area contributed by atoms with Gasteiger partial charge in [0.15, 0.2) is 4.84 Å². The second-order valence-electron chi connectivity index (χ2n) is 3.39. The van der Waals surface area contributed by atoms with E-state index in [0.717, 1.165) is 9.90 Å². The molecule has 0 fully saturated rings. The summed E-state index contributed by atoms with van der Waals surface area (Å²) in [5, 5.41) is 11.6. The largest absolute Gasteiger partial charge is 0.298 e. The third-order valence-electron chi connectivity index (χ3n) is 2.00. The van der Waals surface area contributed by atoms with Gasteiger partial charge in [-0.2, -0.15) is 0 Å². The third-order valence-corrected chi connectivity index (χ3v) is 4.44. The van der Waals surface area contributed by atoms with Crippen LogP contribution in [-0.4, -0.2) is 20.9 Å². The van der Waals surface area contributed by atoms with Gasteiger partial charge in [-0.25, -0.2) is 0 Å². The summed E-state index contributed by atoms with van der Waals surface area (Å²) in [6.07, 6.45) is 0. The van der Waals surface area contributed by atoms with Crippen LogP contribution in [0.4, 0.5) is 5.13 Å². The Kier molecular flexibility index (Phi) is 5.45. The number of nitrogens with one attached hydrogen (secondary N) is 1. The van der Waals surface area contributed by atoms with E-state index in [1.54, 1.807) is 11.8 Å². The van der Waals surface area contributed by atoms with Crippen molar-refractivity contribution in [2.45, 2.75) is 15.5 Å². The summed E-state index contributed by atoms with van der Waals surface area (Å²) < 4.78 is 0. The van der Waals surface area contributed by atoms with Crippen LogP contribution < -0.4 is 5.32 Å². The summed E-state index contributed by atoms with van der Waals surface area (Å²) in [5.74, 6) is 0.199. The van der Waals surface area contributed by atoms with E-state index in [1.807, 2.05) is 30.3 Å². The Balaban J connectivity index is 1.89. The Labute approximate surface area is 128 Å². The highest BCUT2D eigenvalue weighted by Gasteiger charge is 2.14. The maximum absolute atomic E-state index is 11.3. The van der Waals surface area contributed by atoms with E-state index in [-0.39, 0.29) is 0 Å². The fourth-order valence-corrected chi connectivity index (χ4v) is 2.94. The average molecular weight is 334 g/mol. The molecule has 0 unspecified atom stereocenters. The zero-order valence-corrected chi connectivity index (χ0v) is 12.7. The molecular weight excluding hydrogens is 325 g/mol. The lowest BCUT2D eigenvalue weighted by molar-refractivity contribution is -0.114. The van der Waals surface area contributed by atoms with Crippen LogP contribution in [-0.2, 0) is 10.5 Å². The van der Waals surface area contributed by atoms with E-state index in [9.17, 15) is 4.79 Å². The van der Waals surface area contributed by atoms with Gasteiger partial charge >= 0.3 is 0 Å². The van der Waals surface area contributed by atoms with Crippen molar-refractivity contribution in [3.8, 4) is 0 Å². The maximum Gasteiger partial charge on any atom is 0.259 e. The van der Waals surface area contributed by atoms with E-state index in [1.165, 1.54) is 11.3 Å². The van der Waals surface area contributed by atoms with Crippen molar-refractivity contribution in [2.24, 2.45) is 0 Å². The lowest BCUT2D eigenvalue weighted by atomic mass is 10.4. The van der Waals surface area contributed by atoms with E-state index < -0.39 is 10.7 Å². The summed E-state index contributed by atoms with van der Waals surface area (Å²) >= 11 is 13.8. The molecule has 4 nitrogen and oxygen atoms in total. The fraction of sp³-hybridized carbons (Fsp3) is 0.182. The van der Waals surface area contributed by atoms with Crippen LogP contribution in [0.2, 0.25) is 0 Å². The van der Waals surface area contributed by atoms with Gasteiger partial charge in [-0.05, 0) is 12.1 Å². The monoisotopic (exact) mass is 333 g/mol. The zero-order chi connectivity index (χ0) is 13.7. The first-order chi connectivity index (χ1) is 9.15. The summed E-state index contributed by atoms with van der Waals surface area (Å²) in [6.45, 7) is 0. The molecule has 19 heavy (non-hydrogen) atoms. The van der Waals surface area contributed by atoms with E-state index >= 15 is 0 Å². The molecule has 2 aromatic rings. The number of carbonyl (C=O) groups excluding carboxylic acids is 1. The summed E-state index contributed by atoms with van der Waals surface area (Å²) in [4.78, 5) is 11.3. The standard InChI is InChI=1S/C11H9Cl2N3OS2/c12-9(13)10(17)14-11-16-15-8(19-11)6-18-7-4-2-1-3-5-7/h1-5,9H,6H2,(H,14,16,17). The van der Waals surface area contributed by atoms with Crippen LogP contribution >= 0.6 is 46.3 Å². The molecule has 0 saturated heterocycles. The molecule has 8 heteroatoms. The predicted molar refractivity (Wildman–Crippen MR) is 80.0 cm³/mol. The highest BCUT2D eigenvalue weighted by Crippen LogP contribution is 2.25. The molecule has 1 N–H and O–H groups in total. The topological polar surface area (TPSA) is 54.9 Å². The van der Waals surface area contributed by atoms with E-state index in [2.05, 4.69) is 15.5 Å². The number of benzene rings is 1. The number of halogens is 2. The Hall–Kier alpha value is -0.820. The molecule has 0 radical (unpaired) electrons. The van der Waals surface area contributed by atoms with Gasteiger partial charge in [-0.3, -0.25) is 10.1 Å². The first-order valence-corrected chi connectivity index (χ1v) is 7.92. The number of anilines is 1. The number of hydrogen-bond donors (Lipinski definition) is 1. The van der Waals surface area contributed by atoms with Crippen molar-refractivity contribution in [3.05, 3.63) is 35.3 Å². The molecule has 100 valence electrons. The molecule has 0 aliphatic heterocycles. The normalized spacial score (nSPS) is 10.7. The van der Waals surface area contributed by atoms with Crippen molar-refractivity contribution >= 4 is 57.3 Å². The van der Waals surface area contributed by atoms with Crippen molar-refractivity contribution in [3.63, 3.8) is 0 Å². The number of thioether (sulfide) groups is 1. The highest BCUT2D eigenvalue weighted by molar-refractivity contribution is 7.98. The minimum Gasteiger partial charge on any atom is -0.298 e. The molecule has 1 aromatic carbocycles. The number of nitrogens with zero attached hydrogens (tertiary/aromatic N) is 2. The van der Waals surface area contributed by atoms with Crippen LogP contribution in [0.25, 0.3) is 0 Å². The zero-order valence-electron chi connectivity index (χ0n) is 9.55. The summed E-state index contributed by atoms with van der Waals surface area (Å²) in [7, 11) is 0. The molecule has 0 aliphatic rings. The van der Waals surface area contributed by atoms with Gasteiger partial charge < -0.3 is 0 Å². The molecule has 1 aromatic heterocycles. The van der Waals surface area contributed by atoms with Gasteiger partial charge in [0, 0.05) is 4.90 Å². The lowest BCUT2D eigenvalue weighted by Gasteiger charge is -1.99. The Morgan fingerprint density at radius 3 is 2.74 bits per heavy atom. The quantitative estimate of drug-likeness (QED) is 0.671. The van der Waals surface area contributed by atoms with Gasteiger partial charge in [0.05, 0.1) is 5.75 Å². The van der Waals surface area contributed by atoms with Gasteiger partial charge in [0.1, 0.15) is 5.01 Å². The van der Waals surface area contributed by atoms with Crippen molar-refractivity contribution in [1.29, 1.82) is 0 Å². The predicted octanol–water partition coefficient (Wildman–Crippen LogP) is 3.57. The van der Waals surface area contributed by atoms with Gasteiger partial charge in [0.2, 0.25) is 5.13 Å². The lowest BCUT2D eigenvalue weighted by Crippen LogP contribution is -2.18. The molecular formula is C11H9Cl2N3OS2. The van der Waals surface area contributed by atoms with Gasteiger partial charge in [0.25, 0.3) is 5.91 Å². The van der Waals surface area contributed by atoms with Crippen LogP contribution in [0.1, 0.15) is 5.01 Å². The molecule has 0 aliphatic carbocycles. The second-order valence-corrected chi connectivity index (χ2v) is 6.60. The number of rotatable bonds is 5. The van der Waals surface area contributed by atoms with Crippen LogP contribution in [0.3, 0.4) is 0 Å². The first-order valence-electron chi connectivity index (χ1n) is 5.24. The fourth-order valence-electron chi connectivity index (χ4n) is 1.18. The van der Waals surface area contributed by atoms with Gasteiger partial charge in [-0.1, -0.05) is 52.7 Å². The van der Waals surface area contributed by atoms with Gasteiger partial charge in [-0.15, -0.1) is 22.0 Å². The summed E-state index contributed by atoms with van der Waals surface area (Å²) in [6, 6.07) is 9.99. The minimum atomic E-state index is -1.11. The molecule has 0 atom stereocenters. The number of aromatic nitrogens is 2. The highest BCUT2D eigenvalue weighted by atomic mass is 35.5. The molecule has 0 saturated carbocycles. The Morgan fingerprint density at radius 2 is 2.05 bits per heavy atom. The Bertz CT molecular complexity index is 548. The van der Waals surface area contributed by atoms with Crippen molar-refractivity contribution in [2.75, 3.05) is 5.32 Å². The smallest absolute Gasteiger partial charge is 0.259 e. The maximum atomic E-state index is 11.3. The second kappa shape index (κ2) is 7.09. The number of alkyl halides is 2. The molecule has 1 heterocycles. The number of carbonyl (C=O) groups is 1.